The van der Waals surface area contributed by atoms with Gasteiger partial charge in [-0.25, -0.2) is 8.42 Å². The summed E-state index contributed by atoms with van der Waals surface area (Å²) in [4.78, 5) is 13.3. The van der Waals surface area contributed by atoms with Crippen LogP contribution in [0.1, 0.15) is 44.2 Å². The van der Waals surface area contributed by atoms with Crippen LogP contribution in [-0.4, -0.2) is 42.8 Å². The van der Waals surface area contributed by atoms with E-state index in [4.69, 9.17) is 11.6 Å². The molecule has 0 aliphatic carbocycles. The highest BCUT2D eigenvalue weighted by Gasteiger charge is 2.27. The van der Waals surface area contributed by atoms with Crippen LogP contribution in [0.2, 0.25) is 5.02 Å². The van der Waals surface area contributed by atoms with Crippen LogP contribution in [0.3, 0.4) is 0 Å². The molecule has 3 aromatic rings. The molecule has 1 fully saturated rings. The maximum Gasteiger partial charge on any atom is 0.243 e. The van der Waals surface area contributed by atoms with Gasteiger partial charge < -0.3 is 9.88 Å². The van der Waals surface area contributed by atoms with E-state index in [1.165, 1.54) is 0 Å². The molecule has 1 saturated heterocycles. The van der Waals surface area contributed by atoms with Crippen molar-refractivity contribution in [3.05, 3.63) is 65.3 Å². The Balaban J connectivity index is 1.48. The van der Waals surface area contributed by atoms with Crippen molar-refractivity contribution in [2.45, 2.75) is 50.0 Å². The van der Waals surface area contributed by atoms with Crippen LogP contribution in [-0.2, 0) is 21.2 Å². The highest BCUT2D eigenvalue weighted by molar-refractivity contribution is 7.89. The van der Waals surface area contributed by atoms with Crippen molar-refractivity contribution in [2.75, 3.05) is 19.6 Å². The molecule has 8 heteroatoms. The van der Waals surface area contributed by atoms with E-state index >= 15 is 0 Å². The Labute approximate surface area is 200 Å². The lowest BCUT2D eigenvalue weighted by molar-refractivity contribution is -0.124. The fraction of sp³-hybridized carbons (Fsp3) is 0.400. The van der Waals surface area contributed by atoms with E-state index in [0.29, 0.717) is 36.0 Å². The third-order valence-electron chi connectivity index (χ3n) is 6.30. The smallest absolute Gasteiger partial charge is 0.243 e. The van der Waals surface area contributed by atoms with Gasteiger partial charge in [-0.2, -0.15) is 4.31 Å². The number of piperidine rings is 1. The Morgan fingerprint density at radius 2 is 1.79 bits per heavy atom. The summed E-state index contributed by atoms with van der Waals surface area (Å²) in [5.74, 6) is -0.0472. The van der Waals surface area contributed by atoms with Crippen molar-refractivity contribution >= 4 is 38.4 Å². The molecule has 1 atom stereocenters. The summed E-state index contributed by atoms with van der Waals surface area (Å²) < 4.78 is 29.6. The van der Waals surface area contributed by atoms with E-state index in [0.717, 1.165) is 42.1 Å². The molecule has 2 aromatic carbocycles. The maximum absolute atomic E-state index is 13.0. The summed E-state index contributed by atoms with van der Waals surface area (Å²) in [6.45, 7) is 3.67. The molecule has 6 nitrogen and oxygen atoms in total. The summed E-state index contributed by atoms with van der Waals surface area (Å²) in [6, 6.07) is 14.3. The van der Waals surface area contributed by atoms with E-state index in [2.05, 4.69) is 5.32 Å². The number of hydrogen-bond acceptors (Lipinski definition) is 3. The van der Waals surface area contributed by atoms with Gasteiger partial charge in [0.2, 0.25) is 15.9 Å². The van der Waals surface area contributed by atoms with Crippen molar-refractivity contribution in [3.63, 3.8) is 0 Å². The van der Waals surface area contributed by atoms with Crippen LogP contribution >= 0.6 is 11.6 Å². The Morgan fingerprint density at radius 3 is 2.48 bits per heavy atom. The number of rotatable bonds is 8. The molecule has 1 aliphatic heterocycles. The fourth-order valence-electron chi connectivity index (χ4n) is 4.44. The predicted molar refractivity (Wildman–Crippen MR) is 132 cm³/mol. The average molecular weight is 488 g/mol. The molecule has 33 heavy (non-hydrogen) atoms. The van der Waals surface area contributed by atoms with Crippen LogP contribution in [0.15, 0.2) is 59.6 Å². The SMILES string of the molecule is CC[C@H](C(=O)NCCc1ccc(Cl)cc1)n1ccc2cc(S(=O)(=O)N3CCCCC3)ccc21. The lowest BCUT2D eigenvalue weighted by Crippen LogP contribution is -2.35. The maximum atomic E-state index is 13.0. The van der Waals surface area contributed by atoms with Crippen LogP contribution in [0.4, 0.5) is 0 Å². The molecule has 0 radical (unpaired) electrons. The average Bonchev–Trinajstić information content (AvgIpc) is 3.24. The predicted octanol–water partition coefficient (Wildman–Crippen LogP) is 4.78. The zero-order chi connectivity index (χ0) is 23.4. The third-order valence-corrected chi connectivity index (χ3v) is 8.44. The van der Waals surface area contributed by atoms with Gasteiger partial charge in [0.05, 0.1) is 4.90 Å². The van der Waals surface area contributed by atoms with Crippen molar-refractivity contribution in [1.82, 2.24) is 14.2 Å². The molecule has 0 bridgehead atoms. The topological polar surface area (TPSA) is 71.4 Å². The quantitative estimate of drug-likeness (QED) is 0.497. The van der Waals surface area contributed by atoms with Gasteiger partial charge in [0.25, 0.3) is 0 Å². The Bertz CT molecular complexity index is 1220. The first kappa shape index (κ1) is 23.8. The molecule has 1 aliphatic rings. The minimum absolute atomic E-state index is 0.0472. The van der Waals surface area contributed by atoms with Gasteiger partial charge in [0.15, 0.2) is 0 Å². The molecule has 0 spiro atoms. The van der Waals surface area contributed by atoms with Gasteiger partial charge in [0.1, 0.15) is 6.04 Å². The van der Waals surface area contributed by atoms with Gasteiger partial charge >= 0.3 is 0 Å². The summed E-state index contributed by atoms with van der Waals surface area (Å²) in [5.41, 5.74) is 1.97. The first-order chi connectivity index (χ1) is 15.9. The number of carbonyl (C=O) groups is 1. The van der Waals surface area contributed by atoms with Gasteiger partial charge in [-0.1, -0.05) is 37.1 Å². The lowest BCUT2D eigenvalue weighted by Gasteiger charge is -2.26. The highest BCUT2D eigenvalue weighted by atomic mass is 35.5. The van der Waals surface area contributed by atoms with Crippen molar-refractivity contribution in [1.29, 1.82) is 0 Å². The molecule has 0 unspecified atom stereocenters. The molecule has 1 amide bonds. The number of nitrogens with zero attached hydrogens (tertiary/aromatic N) is 2. The molecule has 1 aromatic heterocycles. The first-order valence-electron chi connectivity index (χ1n) is 11.5. The van der Waals surface area contributed by atoms with E-state index in [1.807, 2.05) is 54.1 Å². The highest BCUT2D eigenvalue weighted by Crippen LogP contribution is 2.27. The van der Waals surface area contributed by atoms with E-state index < -0.39 is 10.0 Å². The minimum atomic E-state index is -3.49. The fourth-order valence-corrected chi connectivity index (χ4v) is 6.11. The Hall–Kier alpha value is -2.35. The minimum Gasteiger partial charge on any atom is -0.354 e. The van der Waals surface area contributed by atoms with Gasteiger partial charge in [0, 0.05) is 41.8 Å². The number of amides is 1. The largest absolute Gasteiger partial charge is 0.354 e. The van der Waals surface area contributed by atoms with Gasteiger partial charge in [-0.15, -0.1) is 0 Å². The lowest BCUT2D eigenvalue weighted by atomic mass is 10.1. The number of carbonyl (C=O) groups excluding carboxylic acids is 1. The van der Waals surface area contributed by atoms with Crippen molar-refractivity contribution in [3.8, 4) is 0 Å². The standard InChI is InChI=1S/C25H30ClN3O3S/c1-2-23(25(30)27-14-12-19-6-8-21(26)9-7-19)29-17-13-20-18-22(10-11-24(20)29)33(31,32)28-15-4-3-5-16-28/h6-11,13,17-18,23H,2-5,12,14-16H2,1H3,(H,27,30)/t23-/m1/s1. The number of nitrogens with one attached hydrogen (secondary N) is 1. The molecular formula is C25H30ClN3O3S. The molecule has 1 N–H and O–H groups in total. The summed E-state index contributed by atoms with van der Waals surface area (Å²) >= 11 is 5.93. The normalized spacial score (nSPS) is 16.1. The van der Waals surface area contributed by atoms with E-state index in [-0.39, 0.29) is 11.9 Å². The van der Waals surface area contributed by atoms with E-state index in [9.17, 15) is 13.2 Å². The summed E-state index contributed by atoms with van der Waals surface area (Å²) in [7, 11) is -3.49. The molecule has 0 saturated carbocycles. The number of benzene rings is 2. The van der Waals surface area contributed by atoms with Crippen LogP contribution in [0.5, 0.6) is 0 Å². The second-order valence-corrected chi connectivity index (χ2v) is 10.9. The zero-order valence-corrected chi connectivity index (χ0v) is 20.4. The molecule has 176 valence electrons. The molecule has 2 heterocycles. The van der Waals surface area contributed by atoms with E-state index in [1.54, 1.807) is 16.4 Å². The number of fused-ring (bicyclic) bond motifs is 1. The Kier molecular flexibility index (Phi) is 7.41. The van der Waals surface area contributed by atoms with Gasteiger partial charge in [-0.3, -0.25) is 4.79 Å². The van der Waals surface area contributed by atoms with Crippen molar-refractivity contribution in [2.24, 2.45) is 0 Å². The number of halogens is 1. The second kappa shape index (κ2) is 10.3. The monoisotopic (exact) mass is 487 g/mol. The summed E-state index contributed by atoms with van der Waals surface area (Å²) in [6.07, 6.45) is 6.11. The Morgan fingerprint density at radius 1 is 1.06 bits per heavy atom. The van der Waals surface area contributed by atoms with Crippen molar-refractivity contribution < 1.29 is 13.2 Å². The van der Waals surface area contributed by atoms with Crippen LogP contribution < -0.4 is 5.32 Å². The van der Waals surface area contributed by atoms with Gasteiger partial charge in [-0.05, 0) is 67.6 Å². The second-order valence-electron chi connectivity index (χ2n) is 8.50. The van der Waals surface area contributed by atoms with Crippen LogP contribution in [0, 0.1) is 0 Å². The number of hydrogen-bond donors (Lipinski definition) is 1. The first-order valence-corrected chi connectivity index (χ1v) is 13.3. The molecule has 4 rings (SSSR count). The number of aromatic nitrogens is 1. The summed E-state index contributed by atoms with van der Waals surface area (Å²) in [5, 5.41) is 4.55. The zero-order valence-electron chi connectivity index (χ0n) is 18.8. The third kappa shape index (κ3) is 5.26. The number of sulfonamides is 1. The molecular weight excluding hydrogens is 458 g/mol. The van der Waals surface area contributed by atoms with Crippen LogP contribution in [0.25, 0.3) is 10.9 Å².